The van der Waals surface area contributed by atoms with Gasteiger partial charge in [0, 0.05) is 11.1 Å². The Kier molecular flexibility index (Phi) is 2.81. The van der Waals surface area contributed by atoms with Crippen molar-refractivity contribution in [2.24, 2.45) is 0 Å². The van der Waals surface area contributed by atoms with Crippen molar-refractivity contribution in [1.82, 2.24) is 0 Å². The van der Waals surface area contributed by atoms with Crippen LogP contribution >= 0.6 is 0 Å². The van der Waals surface area contributed by atoms with Crippen LogP contribution in [0.15, 0.2) is 48.5 Å². The van der Waals surface area contributed by atoms with Gasteiger partial charge in [0.05, 0.1) is 17.2 Å². The van der Waals surface area contributed by atoms with E-state index in [-0.39, 0.29) is 5.78 Å². The third kappa shape index (κ3) is 1.86. The smallest absolute Gasteiger partial charge is 0.339 e. The topological polar surface area (TPSA) is 67.2 Å². The van der Waals surface area contributed by atoms with Gasteiger partial charge in [0.1, 0.15) is 0 Å². The Labute approximate surface area is 115 Å². The van der Waals surface area contributed by atoms with Crippen molar-refractivity contribution < 1.29 is 14.3 Å². The van der Waals surface area contributed by atoms with E-state index >= 15 is 0 Å². The number of nitrogens with zero attached hydrogens (tertiary/aromatic N) is 1. The molecule has 3 rings (SSSR count). The van der Waals surface area contributed by atoms with Crippen molar-refractivity contribution in [1.29, 1.82) is 5.26 Å². The van der Waals surface area contributed by atoms with Crippen LogP contribution in [0, 0.1) is 11.3 Å². The quantitative estimate of drug-likeness (QED) is 0.617. The van der Waals surface area contributed by atoms with Crippen molar-refractivity contribution in [2.45, 2.75) is 6.10 Å². The predicted octanol–water partition coefficient (Wildman–Crippen LogP) is 2.65. The zero-order valence-corrected chi connectivity index (χ0v) is 10.4. The highest BCUT2D eigenvalue weighted by Gasteiger charge is 2.36. The van der Waals surface area contributed by atoms with Crippen LogP contribution in [-0.4, -0.2) is 11.8 Å². The number of hydrogen-bond donors (Lipinski definition) is 0. The van der Waals surface area contributed by atoms with Crippen LogP contribution in [0.2, 0.25) is 0 Å². The van der Waals surface area contributed by atoms with Gasteiger partial charge in [-0.05, 0) is 18.2 Å². The molecule has 0 aromatic heterocycles. The molecule has 0 saturated heterocycles. The average molecular weight is 263 g/mol. The fourth-order valence-corrected chi connectivity index (χ4v) is 2.23. The molecule has 0 aliphatic carbocycles. The maximum Gasteiger partial charge on any atom is 0.339 e. The lowest BCUT2D eigenvalue weighted by Crippen LogP contribution is -2.13. The number of cyclic esters (lactones) is 1. The highest BCUT2D eigenvalue weighted by Crippen LogP contribution is 2.32. The first kappa shape index (κ1) is 12.1. The van der Waals surface area contributed by atoms with E-state index in [9.17, 15) is 9.59 Å². The van der Waals surface area contributed by atoms with E-state index in [0.717, 1.165) is 0 Å². The second-order valence-corrected chi connectivity index (χ2v) is 4.43. The molecule has 1 unspecified atom stereocenters. The first-order chi connectivity index (χ1) is 9.70. The summed E-state index contributed by atoms with van der Waals surface area (Å²) < 4.78 is 5.15. The standard InChI is InChI=1S/C16H9NO3/c17-9-10-4-3-5-11(8-10)14(18)15-12-6-1-2-7-13(12)16(19)20-15/h1-8,15H. The van der Waals surface area contributed by atoms with Crippen LogP contribution in [-0.2, 0) is 4.74 Å². The molecule has 0 bridgehead atoms. The molecule has 0 radical (unpaired) electrons. The Morgan fingerprint density at radius 2 is 1.95 bits per heavy atom. The van der Waals surface area contributed by atoms with Crippen molar-refractivity contribution in [3.63, 3.8) is 0 Å². The molecule has 0 saturated carbocycles. The first-order valence-electron chi connectivity index (χ1n) is 6.05. The number of nitriles is 1. The summed E-state index contributed by atoms with van der Waals surface area (Å²) in [6, 6.07) is 15.2. The SMILES string of the molecule is N#Cc1cccc(C(=O)C2OC(=O)c3ccccc32)c1. The van der Waals surface area contributed by atoms with E-state index in [0.29, 0.717) is 22.3 Å². The molecule has 4 nitrogen and oxygen atoms in total. The summed E-state index contributed by atoms with van der Waals surface area (Å²) >= 11 is 0. The molecule has 1 heterocycles. The number of benzene rings is 2. The van der Waals surface area contributed by atoms with Gasteiger partial charge in [-0.15, -0.1) is 0 Å². The average Bonchev–Trinajstić information content (AvgIpc) is 2.84. The van der Waals surface area contributed by atoms with Gasteiger partial charge in [-0.2, -0.15) is 5.26 Å². The highest BCUT2D eigenvalue weighted by atomic mass is 16.6. The van der Waals surface area contributed by atoms with Crippen molar-refractivity contribution >= 4 is 11.8 Å². The molecule has 96 valence electrons. The van der Waals surface area contributed by atoms with E-state index in [1.165, 1.54) is 6.07 Å². The van der Waals surface area contributed by atoms with Crippen LogP contribution in [0.25, 0.3) is 0 Å². The van der Waals surface area contributed by atoms with E-state index in [4.69, 9.17) is 10.00 Å². The number of esters is 1. The fourth-order valence-electron chi connectivity index (χ4n) is 2.23. The molecule has 4 heteroatoms. The molecule has 1 aliphatic heterocycles. The largest absolute Gasteiger partial charge is 0.445 e. The van der Waals surface area contributed by atoms with E-state index in [2.05, 4.69) is 0 Å². The normalized spacial score (nSPS) is 16.1. The second-order valence-electron chi connectivity index (χ2n) is 4.43. The number of ketones is 1. The van der Waals surface area contributed by atoms with Crippen LogP contribution in [0.5, 0.6) is 0 Å². The highest BCUT2D eigenvalue weighted by molar-refractivity contribution is 6.06. The van der Waals surface area contributed by atoms with Gasteiger partial charge in [0.2, 0.25) is 5.78 Å². The Balaban J connectivity index is 2.01. The third-order valence-electron chi connectivity index (χ3n) is 3.20. The van der Waals surface area contributed by atoms with Gasteiger partial charge in [-0.3, -0.25) is 4.79 Å². The second kappa shape index (κ2) is 4.63. The van der Waals surface area contributed by atoms with Gasteiger partial charge in [0.15, 0.2) is 6.10 Å². The lowest BCUT2D eigenvalue weighted by molar-refractivity contribution is 0.0355. The summed E-state index contributed by atoms with van der Waals surface area (Å²) in [7, 11) is 0. The number of fused-ring (bicyclic) bond motifs is 1. The summed E-state index contributed by atoms with van der Waals surface area (Å²) in [4.78, 5) is 24.1. The molecular formula is C16H9NO3. The zero-order valence-electron chi connectivity index (χ0n) is 10.4. The molecular weight excluding hydrogens is 254 g/mol. The van der Waals surface area contributed by atoms with Crippen LogP contribution < -0.4 is 0 Å². The van der Waals surface area contributed by atoms with Gasteiger partial charge in [-0.25, -0.2) is 4.79 Å². The third-order valence-corrected chi connectivity index (χ3v) is 3.20. The lowest BCUT2D eigenvalue weighted by Gasteiger charge is -2.09. The first-order valence-corrected chi connectivity index (χ1v) is 6.05. The Morgan fingerprint density at radius 3 is 2.75 bits per heavy atom. The molecule has 1 aliphatic rings. The van der Waals surface area contributed by atoms with Crippen molar-refractivity contribution in [3.05, 3.63) is 70.8 Å². The molecule has 0 fully saturated rings. The minimum atomic E-state index is -0.923. The molecule has 2 aromatic carbocycles. The minimum absolute atomic E-state index is 0.319. The Hall–Kier alpha value is -2.93. The summed E-state index contributed by atoms with van der Waals surface area (Å²) in [5.41, 5.74) is 1.75. The molecule has 2 aromatic rings. The minimum Gasteiger partial charge on any atom is -0.445 e. The number of rotatable bonds is 2. The summed E-state index contributed by atoms with van der Waals surface area (Å²) in [5.74, 6) is -0.809. The lowest BCUT2D eigenvalue weighted by atomic mass is 9.97. The van der Waals surface area contributed by atoms with E-state index < -0.39 is 12.1 Å². The van der Waals surface area contributed by atoms with E-state index in [1.54, 1.807) is 42.5 Å². The Morgan fingerprint density at radius 1 is 1.15 bits per heavy atom. The van der Waals surface area contributed by atoms with Crippen molar-refractivity contribution in [2.75, 3.05) is 0 Å². The maximum absolute atomic E-state index is 12.4. The monoisotopic (exact) mass is 263 g/mol. The van der Waals surface area contributed by atoms with Gasteiger partial charge < -0.3 is 4.74 Å². The number of carbonyl (C=O) groups excluding carboxylic acids is 2. The van der Waals surface area contributed by atoms with Gasteiger partial charge in [-0.1, -0.05) is 30.3 Å². The maximum atomic E-state index is 12.4. The number of carbonyl (C=O) groups is 2. The molecule has 0 N–H and O–H groups in total. The summed E-state index contributed by atoms with van der Waals surface area (Å²) in [5, 5.41) is 8.86. The van der Waals surface area contributed by atoms with Gasteiger partial charge in [0.25, 0.3) is 0 Å². The van der Waals surface area contributed by atoms with Crippen LogP contribution in [0.4, 0.5) is 0 Å². The number of Topliss-reactive ketones (excluding diaryl/α,β-unsaturated/α-hetero) is 1. The molecule has 0 spiro atoms. The molecule has 1 atom stereocenters. The Bertz CT molecular complexity index is 758. The zero-order chi connectivity index (χ0) is 14.1. The summed E-state index contributed by atoms with van der Waals surface area (Å²) in [6.07, 6.45) is -0.923. The molecule has 20 heavy (non-hydrogen) atoms. The van der Waals surface area contributed by atoms with Crippen LogP contribution in [0.1, 0.15) is 37.9 Å². The fraction of sp³-hybridized carbons (Fsp3) is 0.0625. The number of ether oxygens (including phenoxy) is 1. The number of hydrogen-bond acceptors (Lipinski definition) is 4. The van der Waals surface area contributed by atoms with Crippen LogP contribution in [0.3, 0.4) is 0 Å². The van der Waals surface area contributed by atoms with Gasteiger partial charge >= 0.3 is 5.97 Å². The van der Waals surface area contributed by atoms with E-state index in [1.807, 2.05) is 6.07 Å². The molecule has 0 amide bonds. The van der Waals surface area contributed by atoms with Crippen molar-refractivity contribution in [3.8, 4) is 6.07 Å². The summed E-state index contributed by atoms with van der Waals surface area (Å²) in [6.45, 7) is 0. The predicted molar refractivity (Wildman–Crippen MR) is 70.1 cm³/mol.